The number of nitrogens with zero attached hydrogens (tertiary/aromatic N) is 2. The summed E-state index contributed by atoms with van der Waals surface area (Å²) in [6.45, 7) is 6.30. The molecule has 0 atom stereocenters. The van der Waals surface area contributed by atoms with Crippen molar-refractivity contribution in [2.75, 3.05) is 13.1 Å². The summed E-state index contributed by atoms with van der Waals surface area (Å²) in [5.41, 5.74) is -0.925. The van der Waals surface area contributed by atoms with Crippen molar-refractivity contribution in [2.24, 2.45) is 0 Å². The van der Waals surface area contributed by atoms with Gasteiger partial charge in [0, 0.05) is 30.2 Å². The molecule has 0 unspecified atom stereocenters. The van der Waals surface area contributed by atoms with Gasteiger partial charge in [-0.05, 0) is 45.7 Å². The molecule has 1 aliphatic heterocycles. The van der Waals surface area contributed by atoms with E-state index < -0.39 is 16.4 Å². The smallest absolute Gasteiger partial charge is 0.410 e. The molecule has 1 fully saturated rings. The molecular weight excluding hydrogens is 362 g/mol. The van der Waals surface area contributed by atoms with E-state index >= 15 is 0 Å². The van der Waals surface area contributed by atoms with Crippen LogP contribution in [0.25, 0.3) is 0 Å². The second-order valence-corrected chi connectivity index (χ2v) is 7.57. The number of nitrogens with one attached hydrogen (secondary N) is 1. The van der Waals surface area contributed by atoms with Gasteiger partial charge in [-0.2, -0.15) is 0 Å². The predicted molar refractivity (Wildman–Crippen MR) is 96.4 cm³/mol. The largest absolute Gasteiger partial charge is 0.444 e. The van der Waals surface area contributed by atoms with Gasteiger partial charge in [0.25, 0.3) is 11.6 Å². The van der Waals surface area contributed by atoms with Crippen molar-refractivity contribution < 1.29 is 19.2 Å². The highest BCUT2D eigenvalue weighted by atomic mass is 35.5. The van der Waals surface area contributed by atoms with Crippen LogP contribution in [0.1, 0.15) is 44.0 Å². The van der Waals surface area contributed by atoms with Crippen LogP contribution in [0.2, 0.25) is 5.02 Å². The maximum atomic E-state index is 12.4. The van der Waals surface area contributed by atoms with Crippen LogP contribution in [0.3, 0.4) is 0 Å². The lowest BCUT2D eigenvalue weighted by molar-refractivity contribution is -0.385. The summed E-state index contributed by atoms with van der Waals surface area (Å²) in [6, 6.07) is 3.76. The van der Waals surface area contributed by atoms with Crippen LogP contribution in [-0.2, 0) is 4.74 Å². The molecule has 0 aromatic heterocycles. The number of nitro benzene ring substituents is 1. The average molecular weight is 384 g/mol. The minimum Gasteiger partial charge on any atom is -0.444 e. The van der Waals surface area contributed by atoms with Crippen molar-refractivity contribution >= 4 is 29.3 Å². The fourth-order valence-corrected chi connectivity index (χ4v) is 2.81. The number of carbonyl (C=O) groups excluding carboxylic acids is 2. The molecule has 1 aromatic rings. The Morgan fingerprint density at radius 1 is 1.31 bits per heavy atom. The summed E-state index contributed by atoms with van der Waals surface area (Å²) in [5, 5.41) is 14.1. The molecule has 142 valence electrons. The van der Waals surface area contributed by atoms with E-state index in [0.717, 1.165) is 6.07 Å². The number of halogens is 1. The molecule has 0 saturated carbocycles. The molecule has 2 amide bonds. The molecule has 1 N–H and O–H groups in total. The van der Waals surface area contributed by atoms with Crippen molar-refractivity contribution in [1.82, 2.24) is 10.2 Å². The fraction of sp³-hybridized carbons (Fsp3) is 0.529. The van der Waals surface area contributed by atoms with E-state index in [2.05, 4.69) is 5.32 Å². The van der Waals surface area contributed by atoms with E-state index in [4.69, 9.17) is 16.3 Å². The number of hydrogen-bond acceptors (Lipinski definition) is 5. The minimum absolute atomic E-state index is 0.0334. The molecule has 0 bridgehead atoms. The Bertz CT molecular complexity index is 709. The molecule has 0 spiro atoms. The summed E-state index contributed by atoms with van der Waals surface area (Å²) < 4.78 is 5.33. The SMILES string of the molecule is CC(C)(C)OC(=O)N1CCC(NC(=O)c2ccc(Cl)cc2[N+](=O)[O-])CC1. The van der Waals surface area contributed by atoms with E-state index in [9.17, 15) is 19.7 Å². The van der Waals surface area contributed by atoms with Crippen molar-refractivity contribution in [3.8, 4) is 0 Å². The molecule has 9 heteroatoms. The lowest BCUT2D eigenvalue weighted by atomic mass is 10.0. The van der Waals surface area contributed by atoms with Gasteiger partial charge in [0.1, 0.15) is 11.2 Å². The first-order valence-electron chi connectivity index (χ1n) is 8.29. The van der Waals surface area contributed by atoms with E-state index in [1.165, 1.54) is 12.1 Å². The molecule has 0 aliphatic carbocycles. The van der Waals surface area contributed by atoms with E-state index in [1.807, 2.05) is 0 Å². The Morgan fingerprint density at radius 3 is 2.46 bits per heavy atom. The first-order valence-corrected chi connectivity index (χ1v) is 8.67. The second kappa shape index (κ2) is 7.90. The third kappa shape index (κ3) is 5.32. The lowest BCUT2D eigenvalue weighted by Crippen LogP contribution is -2.47. The highest BCUT2D eigenvalue weighted by molar-refractivity contribution is 6.31. The van der Waals surface area contributed by atoms with Gasteiger partial charge in [-0.1, -0.05) is 11.6 Å². The fourth-order valence-electron chi connectivity index (χ4n) is 2.64. The molecule has 8 nitrogen and oxygen atoms in total. The highest BCUT2D eigenvalue weighted by Crippen LogP contribution is 2.24. The van der Waals surface area contributed by atoms with Crippen molar-refractivity contribution in [3.05, 3.63) is 38.9 Å². The van der Waals surface area contributed by atoms with Gasteiger partial charge in [0.2, 0.25) is 0 Å². The van der Waals surface area contributed by atoms with E-state index in [1.54, 1.807) is 25.7 Å². The summed E-state index contributed by atoms with van der Waals surface area (Å²) in [4.78, 5) is 36.5. The van der Waals surface area contributed by atoms with Crippen molar-refractivity contribution in [1.29, 1.82) is 0 Å². The van der Waals surface area contributed by atoms with Gasteiger partial charge in [0.15, 0.2) is 0 Å². The number of carbonyl (C=O) groups is 2. The van der Waals surface area contributed by atoms with Crippen LogP contribution < -0.4 is 5.32 Å². The Morgan fingerprint density at radius 2 is 1.92 bits per heavy atom. The summed E-state index contributed by atoms with van der Waals surface area (Å²) in [7, 11) is 0. The third-order valence-corrected chi connectivity index (χ3v) is 4.12. The Kier molecular flexibility index (Phi) is 6.07. The number of nitro groups is 1. The summed E-state index contributed by atoms with van der Waals surface area (Å²) in [5.74, 6) is -0.524. The first-order chi connectivity index (χ1) is 12.1. The number of hydrogen-bond donors (Lipinski definition) is 1. The zero-order valence-electron chi connectivity index (χ0n) is 15.0. The molecule has 1 saturated heterocycles. The van der Waals surface area contributed by atoms with Gasteiger partial charge in [0.05, 0.1) is 4.92 Å². The molecule has 2 rings (SSSR count). The van der Waals surface area contributed by atoms with Crippen LogP contribution in [0, 0.1) is 10.1 Å². The normalized spacial score (nSPS) is 15.5. The van der Waals surface area contributed by atoms with Crippen LogP contribution in [-0.4, -0.2) is 46.6 Å². The van der Waals surface area contributed by atoms with Crippen LogP contribution in [0.4, 0.5) is 10.5 Å². The third-order valence-electron chi connectivity index (χ3n) is 3.88. The molecule has 1 aliphatic rings. The summed E-state index contributed by atoms with van der Waals surface area (Å²) >= 11 is 5.76. The quantitative estimate of drug-likeness (QED) is 0.636. The highest BCUT2D eigenvalue weighted by Gasteiger charge is 2.29. The number of piperidine rings is 1. The minimum atomic E-state index is -0.633. The van der Waals surface area contributed by atoms with E-state index in [-0.39, 0.29) is 28.4 Å². The topological polar surface area (TPSA) is 102 Å². The van der Waals surface area contributed by atoms with Gasteiger partial charge in [-0.3, -0.25) is 14.9 Å². The number of likely N-dealkylation sites (tertiary alicyclic amines) is 1. The lowest BCUT2D eigenvalue weighted by Gasteiger charge is -2.33. The van der Waals surface area contributed by atoms with Crippen molar-refractivity contribution in [2.45, 2.75) is 45.3 Å². The second-order valence-electron chi connectivity index (χ2n) is 7.13. The predicted octanol–water partition coefficient (Wildman–Crippen LogP) is 3.38. The zero-order valence-corrected chi connectivity index (χ0v) is 15.7. The van der Waals surface area contributed by atoms with E-state index in [0.29, 0.717) is 25.9 Å². The number of amides is 2. The molecule has 1 heterocycles. The summed E-state index contributed by atoms with van der Waals surface area (Å²) in [6.07, 6.45) is 0.717. The number of ether oxygens (including phenoxy) is 1. The van der Waals surface area contributed by atoms with Gasteiger partial charge < -0.3 is 15.0 Å². The van der Waals surface area contributed by atoms with Gasteiger partial charge in [-0.15, -0.1) is 0 Å². The van der Waals surface area contributed by atoms with Gasteiger partial charge >= 0.3 is 6.09 Å². The van der Waals surface area contributed by atoms with Crippen LogP contribution in [0.5, 0.6) is 0 Å². The maximum absolute atomic E-state index is 12.4. The Labute approximate surface area is 156 Å². The first kappa shape index (κ1) is 20.0. The van der Waals surface area contributed by atoms with Gasteiger partial charge in [-0.25, -0.2) is 4.79 Å². The number of rotatable bonds is 3. The Hall–Kier alpha value is -2.35. The number of benzene rings is 1. The molecule has 1 aromatic carbocycles. The van der Waals surface area contributed by atoms with Crippen LogP contribution >= 0.6 is 11.6 Å². The average Bonchev–Trinajstić information content (AvgIpc) is 2.53. The monoisotopic (exact) mass is 383 g/mol. The zero-order chi connectivity index (χ0) is 19.5. The Balaban J connectivity index is 1.95. The molecule has 0 radical (unpaired) electrons. The standard InChI is InChI=1S/C17H22ClN3O5/c1-17(2,3)26-16(23)20-8-6-12(7-9-20)19-15(22)13-5-4-11(18)10-14(13)21(24)25/h4-5,10,12H,6-9H2,1-3H3,(H,19,22). The van der Waals surface area contributed by atoms with Crippen molar-refractivity contribution in [3.63, 3.8) is 0 Å². The maximum Gasteiger partial charge on any atom is 0.410 e. The molecular formula is C17H22ClN3O5. The molecule has 26 heavy (non-hydrogen) atoms. The van der Waals surface area contributed by atoms with Crippen LogP contribution in [0.15, 0.2) is 18.2 Å².